The second-order valence-electron chi connectivity index (χ2n) is 6.74. The molecule has 2 heterocycles. The molecule has 24 heavy (non-hydrogen) atoms. The van der Waals surface area contributed by atoms with E-state index in [9.17, 15) is 0 Å². The summed E-state index contributed by atoms with van der Waals surface area (Å²) in [5.41, 5.74) is 5.39. The number of ether oxygens (including phenoxy) is 1. The smallest absolute Gasteiger partial charge is 0.163 e. The Kier molecular flexibility index (Phi) is 2.91. The van der Waals surface area contributed by atoms with Crippen LogP contribution in [0, 0.1) is 6.92 Å². The Bertz CT molecular complexity index is 910. The van der Waals surface area contributed by atoms with Crippen molar-refractivity contribution in [2.45, 2.75) is 38.4 Å². The van der Waals surface area contributed by atoms with Crippen LogP contribution in [-0.4, -0.2) is 14.8 Å². The Balaban J connectivity index is 1.73. The SMILES string of the molecule is Cc1nnc2n1-c1cccc(C3(c4ccccc4)CC3)c1COC2. The molecule has 4 nitrogen and oxygen atoms in total. The first-order valence-corrected chi connectivity index (χ1v) is 8.46. The van der Waals surface area contributed by atoms with Crippen molar-refractivity contribution in [1.29, 1.82) is 0 Å². The van der Waals surface area contributed by atoms with Crippen LogP contribution in [0.2, 0.25) is 0 Å². The molecule has 4 heteroatoms. The molecule has 0 bridgehead atoms. The lowest BCUT2D eigenvalue weighted by atomic mass is 9.84. The molecule has 0 saturated heterocycles. The van der Waals surface area contributed by atoms with Crippen molar-refractivity contribution in [1.82, 2.24) is 14.8 Å². The van der Waals surface area contributed by atoms with Crippen molar-refractivity contribution in [3.05, 3.63) is 76.9 Å². The maximum absolute atomic E-state index is 5.94. The number of benzene rings is 2. The van der Waals surface area contributed by atoms with Crippen LogP contribution in [0.25, 0.3) is 5.69 Å². The third-order valence-electron chi connectivity index (χ3n) is 5.35. The molecule has 1 aliphatic heterocycles. The van der Waals surface area contributed by atoms with E-state index in [1.54, 1.807) is 0 Å². The van der Waals surface area contributed by atoms with Gasteiger partial charge in [0.2, 0.25) is 0 Å². The zero-order valence-electron chi connectivity index (χ0n) is 13.7. The molecular formula is C20H19N3O. The van der Waals surface area contributed by atoms with Gasteiger partial charge in [0.15, 0.2) is 5.82 Å². The van der Waals surface area contributed by atoms with Gasteiger partial charge in [0.05, 0.1) is 12.3 Å². The van der Waals surface area contributed by atoms with Gasteiger partial charge < -0.3 is 4.74 Å². The minimum absolute atomic E-state index is 0.141. The number of hydrogen-bond donors (Lipinski definition) is 0. The van der Waals surface area contributed by atoms with Gasteiger partial charge >= 0.3 is 0 Å². The maximum Gasteiger partial charge on any atom is 0.163 e. The van der Waals surface area contributed by atoms with Gasteiger partial charge in [-0.1, -0.05) is 42.5 Å². The lowest BCUT2D eigenvalue weighted by Crippen LogP contribution is -2.14. The van der Waals surface area contributed by atoms with Crippen LogP contribution in [-0.2, 0) is 23.4 Å². The summed E-state index contributed by atoms with van der Waals surface area (Å²) in [6.45, 7) is 3.14. The molecule has 3 aromatic rings. The summed E-state index contributed by atoms with van der Waals surface area (Å²) < 4.78 is 8.08. The van der Waals surface area contributed by atoms with Crippen LogP contribution in [0.1, 0.15) is 41.2 Å². The van der Waals surface area contributed by atoms with Crippen molar-refractivity contribution in [3.63, 3.8) is 0 Å². The summed E-state index contributed by atoms with van der Waals surface area (Å²) in [5, 5.41) is 8.51. The van der Waals surface area contributed by atoms with Crippen LogP contribution in [0.4, 0.5) is 0 Å². The lowest BCUT2D eigenvalue weighted by molar-refractivity contribution is 0.104. The summed E-state index contributed by atoms with van der Waals surface area (Å²) in [5.74, 6) is 1.80. The standard InChI is InChI=1S/C20H19N3O/c1-14-21-22-19-13-24-12-16-17(8-5-9-18(16)23(14)19)20(10-11-20)15-6-3-2-4-7-15/h2-9H,10-13H2,1H3. The van der Waals surface area contributed by atoms with Crippen LogP contribution in [0.3, 0.4) is 0 Å². The minimum Gasteiger partial charge on any atom is -0.369 e. The molecule has 1 aliphatic carbocycles. The maximum atomic E-state index is 5.94. The van der Waals surface area contributed by atoms with Gasteiger partial charge in [-0.2, -0.15) is 0 Å². The highest BCUT2D eigenvalue weighted by atomic mass is 16.5. The molecule has 2 aliphatic rings. The molecule has 120 valence electrons. The largest absolute Gasteiger partial charge is 0.369 e. The van der Waals surface area contributed by atoms with Crippen molar-refractivity contribution in [3.8, 4) is 5.69 Å². The van der Waals surface area contributed by atoms with Gasteiger partial charge in [-0.15, -0.1) is 10.2 Å². The minimum atomic E-state index is 0.141. The van der Waals surface area contributed by atoms with E-state index in [0.717, 1.165) is 11.6 Å². The van der Waals surface area contributed by atoms with Gasteiger partial charge in [-0.3, -0.25) is 4.57 Å². The quantitative estimate of drug-likeness (QED) is 0.724. The van der Waals surface area contributed by atoms with Crippen molar-refractivity contribution < 1.29 is 4.74 Å². The molecule has 1 saturated carbocycles. The average Bonchev–Trinajstić information content (AvgIpc) is 3.38. The first-order valence-electron chi connectivity index (χ1n) is 8.46. The second-order valence-corrected chi connectivity index (χ2v) is 6.74. The third kappa shape index (κ3) is 1.89. The number of hydrogen-bond acceptors (Lipinski definition) is 3. The van der Waals surface area contributed by atoms with E-state index in [1.807, 2.05) is 6.92 Å². The highest BCUT2D eigenvalue weighted by Gasteiger charge is 2.47. The van der Waals surface area contributed by atoms with E-state index < -0.39 is 0 Å². The number of rotatable bonds is 2. The molecule has 5 rings (SSSR count). The van der Waals surface area contributed by atoms with Crippen molar-refractivity contribution >= 4 is 0 Å². The Hall–Kier alpha value is -2.46. The highest BCUT2D eigenvalue weighted by Crippen LogP contribution is 2.55. The first kappa shape index (κ1) is 13.9. The van der Waals surface area contributed by atoms with E-state index in [1.165, 1.54) is 35.2 Å². The monoisotopic (exact) mass is 317 g/mol. The van der Waals surface area contributed by atoms with Crippen molar-refractivity contribution in [2.75, 3.05) is 0 Å². The fourth-order valence-electron chi connectivity index (χ4n) is 4.04. The predicted octanol–water partition coefficient (Wildman–Crippen LogP) is 3.69. The van der Waals surface area contributed by atoms with Crippen LogP contribution in [0.15, 0.2) is 48.5 Å². The molecular weight excluding hydrogens is 298 g/mol. The van der Waals surface area contributed by atoms with E-state index in [0.29, 0.717) is 13.2 Å². The van der Waals surface area contributed by atoms with E-state index in [-0.39, 0.29) is 5.41 Å². The van der Waals surface area contributed by atoms with E-state index in [4.69, 9.17) is 4.74 Å². The van der Waals surface area contributed by atoms with E-state index in [2.05, 4.69) is 63.3 Å². The fourth-order valence-corrected chi connectivity index (χ4v) is 4.04. The Morgan fingerprint density at radius 3 is 2.58 bits per heavy atom. The molecule has 0 N–H and O–H groups in total. The summed E-state index contributed by atoms with van der Waals surface area (Å²) in [6.07, 6.45) is 2.39. The number of nitrogens with zero attached hydrogens (tertiary/aromatic N) is 3. The van der Waals surface area contributed by atoms with E-state index >= 15 is 0 Å². The van der Waals surface area contributed by atoms with Crippen molar-refractivity contribution in [2.24, 2.45) is 0 Å². The average molecular weight is 317 g/mol. The molecule has 0 amide bonds. The summed E-state index contributed by atoms with van der Waals surface area (Å²) >= 11 is 0. The molecule has 0 atom stereocenters. The number of fused-ring (bicyclic) bond motifs is 3. The molecule has 0 spiro atoms. The first-order chi connectivity index (χ1) is 11.8. The van der Waals surface area contributed by atoms with Crippen LogP contribution >= 0.6 is 0 Å². The van der Waals surface area contributed by atoms with Gasteiger partial charge in [-0.25, -0.2) is 0 Å². The Labute approximate surface area is 141 Å². The Morgan fingerprint density at radius 1 is 0.958 bits per heavy atom. The topological polar surface area (TPSA) is 39.9 Å². The highest BCUT2D eigenvalue weighted by molar-refractivity contribution is 5.56. The Morgan fingerprint density at radius 2 is 1.79 bits per heavy atom. The van der Waals surface area contributed by atoms with Gasteiger partial charge in [0.1, 0.15) is 12.4 Å². The number of aromatic nitrogens is 3. The number of aryl methyl sites for hydroxylation is 1. The zero-order chi connectivity index (χ0) is 16.1. The van der Waals surface area contributed by atoms with Gasteiger partial charge in [-0.05, 0) is 37.0 Å². The van der Waals surface area contributed by atoms with Gasteiger partial charge in [0.25, 0.3) is 0 Å². The molecule has 0 radical (unpaired) electrons. The summed E-state index contributed by atoms with van der Waals surface area (Å²) in [7, 11) is 0. The normalized spacial score (nSPS) is 17.7. The molecule has 1 aromatic heterocycles. The molecule has 2 aromatic carbocycles. The molecule has 1 fully saturated rings. The summed E-state index contributed by atoms with van der Waals surface area (Å²) in [6, 6.07) is 17.4. The second kappa shape index (κ2) is 5.02. The third-order valence-corrected chi connectivity index (χ3v) is 5.35. The summed E-state index contributed by atoms with van der Waals surface area (Å²) in [4.78, 5) is 0. The van der Waals surface area contributed by atoms with Crippen LogP contribution < -0.4 is 0 Å². The van der Waals surface area contributed by atoms with Crippen LogP contribution in [0.5, 0.6) is 0 Å². The molecule has 0 unspecified atom stereocenters. The fraction of sp³-hybridized carbons (Fsp3) is 0.300. The lowest BCUT2D eigenvalue weighted by Gasteiger charge is -2.22. The van der Waals surface area contributed by atoms with Gasteiger partial charge in [0, 0.05) is 11.0 Å². The predicted molar refractivity (Wildman–Crippen MR) is 91.0 cm³/mol. The zero-order valence-corrected chi connectivity index (χ0v) is 13.7.